The number of hydrogen-bond acceptors (Lipinski definition) is 5. The average Bonchev–Trinajstić information content (AvgIpc) is 2.73. The summed E-state index contributed by atoms with van der Waals surface area (Å²) in [6.07, 6.45) is -1.64. The lowest BCUT2D eigenvalue weighted by Gasteiger charge is -2.48. The van der Waals surface area contributed by atoms with E-state index >= 15 is 0 Å². The molecule has 2 aliphatic heterocycles. The van der Waals surface area contributed by atoms with Crippen LogP contribution in [0.15, 0.2) is 60.7 Å². The van der Waals surface area contributed by atoms with E-state index in [1.54, 1.807) is 14.2 Å². The van der Waals surface area contributed by atoms with Gasteiger partial charge in [-0.3, -0.25) is 0 Å². The summed E-state index contributed by atoms with van der Waals surface area (Å²) in [5.41, 5.74) is 2.05. The van der Waals surface area contributed by atoms with E-state index in [1.807, 2.05) is 60.7 Å². The van der Waals surface area contributed by atoms with Crippen LogP contribution in [0.4, 0.5) is 0 Å². The normalized spacial score (nSPS) is 34.2. The van der Waals surface area contributed by atoms with Crippen molar-refractivity contribution in [1.82, 2.24) is 0 Å². The minimum Gasteiger partial charge on any atom is -0.376 e. The molecule has 2 aromatic rings. The first-order chi connectivity index (χ1) is 12.8. The third-order valence-electron chi connectivity index (χ3n) is 5.07. The number of methoxy groups -OCH3 is 2. The van der Waals surface area contributed by atoms with Crippen molar-refractivity contribution in [3.8, 4) is 0 Å². The molecule has 0 unspecified atom stereocenters. The molecule has 6 atom stereocenters. The van der Waals surface area contributed by atoms with E-state index in [9.17, 15) is 0 Å². The molecule has 2 heterocycles. The zero-order valence-electron chi connectivity index (χ0n) is 15.0. The van der Waals surface area contributed by atoms with E-state index in [4.69, 9.17) is 23.7 Å². The minimum absolute atomic E-state index is 0.212. The van der Waals surface area contributed by atoms with Gasteiger partial charge in [0.2, 0.25) is 0 Å². The summed E-state index contributed by atoms with van der Waals surface area (Å²) in [5.74, 6) is 0. The first kappa shape index (κ1) is 17.6. The minimum atomic E-state index is -0.426. The second-order valence-electron chi connectivity index (χ2n) is 6.58. The lowest BCUT2D eigenvalue weighted by Crippen LogP contribution is -2.60. The van der Waals surface area contributed by atoms with Crippen molar-refractivity contribution in [2.24, 2.45) is 0 Å². The van der Waals surface area contributed by atoms with E-state index in [-0.39, 0.29) is 30.5 Å². The molecule has 0 aliphatic carbocycles. The monoisotopic (exact) mass is 356 g/mol. The van der Waals surface area contributed by atoms with E-state index in [2.05, 4.69) is 0 Å². The van der Waals surface area contributed by atoms with Crippen LogP contribution in [0.3, 0.4) is 0 Å². The zero-order chi connectivity index (χ0) is 17.9. The standard InChI is InChI=1S/C21H24O5/c1-22-19-17(14-9-5-3-6-10-14)25-16-13-24-21(15-11-7-4-8-12-15)26-18(16)20(19)23-2/h3-12,16-21H,13H2,1-2H3/t16-,17+,18+,19+,20+,21+/m1/s1. The highest BCUT2D eigenvalue weighted by atomic mass is 16.7. The molecule has 0 aromatic heterocycles. The van der Waals surface area contributed by atoms with Crippen molar-refractivity contribution in [2.45, 2.75) is 36.8 Å². The lowest BCUT2D eigenvalue weighted by molar-refractivity contribution is -0.334. The van der Waals surface area contributed by atoms with Crippen LogP contribution in [0.25, 0.3) is 0 Å². The maximum atomic E-state index is 6.34. The molecular weight excluding hydrogens is 332 g/mol. The smallest absolute Gasteiger partial charge is 0.184 e. The maximum absolute atomic E-state index is 6.34. The van der Waals surface area contributed by atoms with Crippen LogP contribution in [0.1, 0.15) is 23.5 Å². The molecule has 0 N–H and O–H groups in total. The van der Waals surface area contributed by atoms with E-state index in [0.717, 1.165) is 11.1 Å². The fourth-order valence-corrected chi connectivity index (χ4v) is 3.80. The lowest BCUT2D eigenvalue weighted by atomic mass is 9.90. The third kappa shape index (κ3) is 3.29. The van der Waals surface area contributed by atoms with Crippen LogP contribution < -0.4 is 0 Å². The number of ether oxygens (including phenoxy) is 5. The Morgan fingerprint density at radius 2 is 1.38 bits per heavy atom. The molecule has 2 fully saturated rings. The van der Waals surface area contributed by atoms with Gasteiger partial charge in [0.1, 0.15) is 30.5 Å². The summed E-state index contributed by atoms with van der Waals surface area (Å²) in [5, 5.41) is 0. The number of fused-ring (bicyclic) bond motifs is 1. The summed E-state index contributed by atoms with van der Waals surface area (Å²) < 4.78 is 30.1. The molecule has 5 nitrogen and oxygen atoms in total. The fraction of sp³-hybridized carbons (Fsp3) is 0.429. The van der Waals surface area contributed by atoms with E-state index in [0.29, 0.717) is 6.61 Å². The fourth-order valence-electron chi connectivity index (χ4n) is 3.80. The SMILES string of the molecule is CO[C@H]1[C@H]2O[C@@H](c3ccccc3)OC[C@H]2O[C@@H](c2ccccc2)[C@@H]1OC. The molecular formula is C21H24O5. The second kappa shape index (κ2) is 7.86. The van der Waals surface area contributed by atoms with Gasteiger partial charge in [0.05, 0.1) is 6.61 Å². The Morgan fingerprint density at radius 1 is 0.769 bits per heavy atom. The van der Waals surface area contributed by atoms with Crippen LogP contribution in [0, 0.1) is 0 Å². The molecule has 0 saturated carbocycles. The molecule has 0 bridgehead atoms. The van der Waals surface area contributed by atoms with Gasteiger partial charge in [0.15, 0.2) is 6.29 Å². The van der Waals surface area contributed by atoms with Crippen molar-refractivity contribution in [3.63, 3.8) is 0 Å². The second-order valence-corrected chi connectivity index (χ2v) is 6.58. The van der Waals surface area contributed by atoms with Crippen LogP contribution >= 0.6 is 0 Å². The van der Waals surface area contributed by atoms with Crippen LogP contribution in [0.5, 0.6) is 0 Å². The van der Waals surface area contributed by atoms with Crippen molar-refractivity contribution in [1.29, 1.82) is 0 Å². The van der Waals surface area contributed by atoms with E-state index in [1.165, 1.54) is 0 Å². The van der Waals surface area contributed by atoms with Crippen molar-refractivity contribution < 1.29 is 23.7 Å². The maximum Gasteiger partial charge on any atom is 0.184 e. The molecule has 26 heavy (non-hydrogen) atoms. The predicted octanol–water partition coefficient (Wildman–Crippen LogP) is 3.27. The summed E-state index contributed by atoms with van der Waals surface area (Å²) >= 11 is 0. The molecule has 0 amide bonds. The van der Waals surface area contributed by atoms with Gasteiger partial charge in [0.25, 0.3) is 0 Å². The largest absolute Gasteiger partial charge is 0.376 e. The van der Waals surface area contributed by atoms with Crippen LogP contribution in [-0.4, -0.2) is 45.2 Å². The molecule has 0 radical (unpaired) electrons. The van der Waals surface area contributed by atoms with Gasteiger partial charge >= 0.3 is 0 Å². The highest BCUT2D eigenvalue weighted by molar-refractivity contribution is 5.21. The summed E-state index contributed by atoms with van der Waals surface area (Å²) in [6, 6.07) is 20.0. The molecule has 138 valence electrons. The number of rotatable bonds is 4. The Kier molecular flexibility index (Phi) is 5.33. The molecule has 2 aromatic carbocycles. The van der Waals surface area contributed by atoms with Crippen LogP contribution in [0.2, 0.25) is 0 Å². The number of hydrogen-bond donors (Lipinski definition) is 0. The van der Waals surface area contributed by atoms with Gasteiger partial charge in [-0.05, 0) is 5.56 Å². The van der Waals surface area contributed by atoms with Gasteiger partial charge in [-0.15, -0.1) is 0 Å². The van der Waals surface area contributed by atoms with Crippen LogP contribution in [-0.2, 0) is 23.7 Å². The molecule has 0 spiro atoms. The number of benzene rings is 2. The van der Waals surface area contributed by atoms with Crippen molar-refractivity contribution in [3.05, 3.63) is 71.8 Å². The van der Waals surface area contributed by atoms with Gasteiger partial charge in [-0.1, -0.05) is 60.7 Å². The van der Waals surface area contributed by atoms with Gasteiger partial charge in [0, 0.05) is 19.8 Å². The average molecular weight is 356 g/mol. The van der Waals surface area contributed by atoms with Gasteiger partial charge in [-0.2, -0.15) is 0 Å². The van der Waals surface area contributed by atoms with Gasteiger partial charge < -0.3 is 23.7 Å². The Morgan fingerprint density at radius 3 is 2.00 bits per heavy atom. The third-order valence-corrected chi connectivity index (χ3v) is 5.07. The Labute approximate surface area is 153 Å². The highest BCUT2D eigenvalue weighted by Gasteiger charge is 2.50. The Bertz CT molecular complexity index is 692. The Hall–Kier alpha value is -1.76. The quantitative estimate of drug-likeness (QED) is 0.841. The summed E-state index contributed by atoms with van der Waals surface area (Å²) in [4.78, 5) is 0. The van der Waals surface area contributed by atoms with E-state index < -0.39 is 6.29 Å². The van der Waals surface area contributed by atoms with Gasteiger partial charge in [-0.25, -0.2) is 0 Å². The summed E-state index contributed by atoms with van der Waals surface area (Å²) in [7, 11) is 3.38. The van der Waals surface area contributed by atoms with Crippen molar-refractivity contribution in [2.75, 3.05) is 20.8 Å². The zero-order valence-corrected chi connectivity index (χ0v) is 15.0. The Balaban J connectivity index is 1.59. The first-order valence-electron chi connectivity index (χ1n) is 8.90. The van der Waals surface area contributed by atoms with Crippen molar-refractivity contribution >= 4 is 0 Å². The highest BCUT2D eigenvalue weighted by Crippen LogP contribution is 2.40. The predicted molar refractivity (Wildman–Crippen MR) is 95.7 cm³/mol. The topological polar surface area (TPSA) is 46.2 Å². The molecule has 2 aliphatic rings. The molecule has 5 heteroatoms. The molecule has 4 rings (SSSR count). The first-order valence-corrected chi connectivity index (χ1v) is 8.90. The molecule has 2 saturated heterocycles. The summed E-state index contributed by atoms with van der Waals surface area (Å²) in [6.45, 7) is 0.448.